The van der Waals surface area contributed by atoms with Gasteiger partial charge in [0, 0.05) is 18.6 Å². The Balaban J connectivity index is 1.81. The van der Waals surface area contributed by atoms with E-state index in [-0.39, 0.29) is 0 Å². The number of hydrogen-bond acceptors (Lipinski definition) is 1. The highest BCUT2D eigenvalue weighted by Crippen LogP contribution is 2.27. The molecule has 0 unspecified atom stereocenters. The second-order valence-electron chi connectivity index (χ2n) is 3.74. The Hall–Kier alpha value is -0.310. The van der Waals surface area contributed by atoms with Crippen LogP contribution in [-0.4, -0.2) is 28.6 Å². The van der Waals surface area contributed by atoms with Crippen molar-refractivity contribution >= 4 is 17.3 Å². The van der Waals surface area contributed by atoms with Gasteiger partial charge in [0.15, 0.2) is 5.11 Å². The fraction of sp³-hybridized carbons (Fsp3) is 0.889. The zero-order valence-corrected chi connectivity index (χ0v) is 8.36. The summed E-state index contributed by atoms with van der Waals surface area (Å²) in [5.74, 6) is 0. The SMILES string of the molecule is CCN(C(=S)NC1CC1)C1CC1. The molecule has 68 valence electrons. The van der Waals surface area contributed by atoms with Gasteiger partial charge in [-0.15, -0.1) is 0 Å². The average Bonchev–Trinajstić information content (AvgIpc) is 2.80. The Morgan fingerprint density at radius 1 is 1.42 bits per heavy atom. The summed E-state index contributed by atoms with van der Waals surface area (Å²) in [6.45, 7) is 3.24. The maximum absolute atomic E-state index is 5.32. The van der Waals surface area contributed by atoms with Crippen LogP contribution in [0.2, 0.25) is 0 Å². The molecule has 2 saturated carbocycles. The fourth-order valence-corrected chi connectivity index (χ4v) is 1.88. The van der Waals surface area contributed by atoms with Crippen LogP contribution in [0.25, 0.3) is 0 Å². The summed E-state index contributed by atoms with van der Waals surface area (Å²) >= 11 is 5.32. The third kappa shape index (κ3) is 1.89. The Kier molecular flexibility index (Phi) is 2.22. The quantitative estimate of drug-likeness (QED) is 0.669. The summed E-state index contributed by atoms with van der Waals surface area (Å²) in [7, 11) is 0. The van der Waals surface area contributed by atoms with Crippen molar-refractivity contribution in [1.29, 1.82) is 0 Å². The van der Waals surface area contributed by atoms with Crippen LogP contribution in [0.4, 0.5) is 0 Å². The van der Waals surface area contributed by atoms with E-state index in [0.717, 1.165) is 17.7 Å². The molecule has 2 rings (SSSR count). The van der Waals surface area contributed by atoms with Crippen molar-refractivity contribution in [3.05, 3.63) is 0 Å². The largest absolute Gasteiger partial charge is 0.360 e. The van der Waals surface area contributed by atoms with Gasteiger partial charge in [-0.3, -0.25) is 0 Å². The molecule has 0 saturated heterocycles. The van der Waals surface area contributed by atoms with Crippen LogP contribution in [-0.2, 0) is 0 Å². The Labute approximate surface area is 79.3 Å². The lowest BCUT2D eigenvalue weighted by Crippen LogP contribution is -2.41. The van der Waals surface area contributed by atoms with E-state index in [1.54, 1.807) is 0 Å². The first-order valence-corrected chi connectivity index (χ1v) is 5.29. The topological polar surface area (TPSA) is 15.3 Å². The van der Waals surface area contributed by atoms with Crippen molar-refractivity contribution in [3.63, 3.8) is 0 Å². The molecule has 0 aromatic carbocycles. The van der Waals surface area contributed by atoms with Gasteiger partial charge in [-0.25, -0.2) is 0 Å². The van der Waals surface area contributed by atoms with Crippen molar-refractivity contribution in [2.24, 2.45) is 0 Å². The highest BCUT2D eigenvalue weighted by Gasteiger charge is 2.31. The van der Waals surface area contributed by atoms with Crippen molar-refractivity contribution in [2.45, 2.75) is 44.7 Å². The highest BCUT2D eigenvalue weighted by atomic mass is 32.1. The lowest BCUT2D eigenvalue weighted by molar-refractivity contribution is 0.423. The smallest absolute Gasteiger partial charge is 0.169 e. The third-order valence-electron chi connectivity index (χ3n) is 2.49. The number of nitrogens with zero attached hydrogens (tertiary/aromatic N) is 1. The van der Waals surface area contributed by atoms with Gasteiger partial charge in [0.25, 0.3) is 0 Å². The maximum Gasteiger partial charge on any atom is 0.169 e. The molecule has 0 spiro atoms. The maximum atomic E-state index is 5.32. The van der Waals surface area contributed by atoms with Crippen molar-refractivity contribution in [1.82, 2.24) is 10.2 Å². The summed E-state index contributed by atoms with van der Waals surface area (Å²) in [5, 5.41) is 4.37. The van der Waals surface area contributed by atoms with Gasteiger partial charge in [-0.2, -0.15) is 0 Å². The summed E-state index contributed by atoms with van der Waals surface area (Å²) in [6, 6.07) is 1.46. The molecular formula is C9H16N2S. The normalized spacial score (nSPS) is 22.1. The zero-order chi connectivity index (χ0) is 8.55. The van der Waals surface area contributed by atoms with Crippen molar-refractivity contribution in [3.8, 4) is 0 Å². The molecule has 2 fully saturated rings. The molecule has 0 aliphatic heterocycles. The number of hydrogen-bond donors (Lipinski definition) is 1. The molecule has 1 N–H and O–H groups in total. The summed E-state index contributed by atoms with van der Waals surface area (Å²) < 4.78 is 0. The molecule has 2 nitrogen and oxygen atoms in total. The van der Waals surface area contributed by atoms with Gasteiger partial charge in [0.1, 0.15) is 0 Å². The van der Waals surface area contributed by atoms with Crippen molar-refractivity contribution in [2.75, 3.05) is 6.54 Å². The van der Waals surface area contributed by atoms with Crippen LogP contribution in [0.1, 0.15) is 32.6 Å². The lowest BCUT2D eigenvalue weighted by Gasteiger charge is -2.23. The minimum absolute atomic E-state index is 0.699. The minimum atomic E-state index is 0.699. The minimum Gasteiger partial charge on any atom is -0.360 e. The van der Waals surface area contributed by atoms with Gasteiger partial charge in [0.05, 0.1) is 0 Å². The first-order valence-electron chi connectivity index (χ1n) is 4.88. The van der Waals surface area contributed by atoms with E-state index in [2.05, 4.69) is 17.1 Å². The Bertz CT molecular complexity index is 185. The standard InChI is InChI=1S/C9H16N2S/c1-2-11(8-5-6-8)9(12)10-7-3-4-7/h7-8H,2-6H2,1H3,(H,10,12). The molecule has 0 atom stereocenters. The molecule has 3 heteroatoms. The molecule has 0 heterocycles. The van der Waals surface area contributed by atoms with Gasteiger partial charge >= 0.3 is 0 Å². The highest BCUT2D eigenvalue weighted by molar-refractivity contribution is 7.80. The molecule has 2 aliphatic carbocycles. The third-order valence-corrected chi connectivity index (χ3v) is 2.85. The summed E-state index contributed by atoms with van der Waals surface area (Å²) in [6.07, 6.45) is 5.28. The second kappa shape index (κ2) is 3.21. The summed E-state index contributed by atoms with van der Waals surface area (Å²) in [4.78, 5) is 2.33. The average molecular weight is 184 g/mol. The van der Waals surface area contributed by atoms with Gasteiger partial charge < -0.3 is 10.2 Å². The van der Waals surface area contributed by atoms with E-state index < -0.39 is 0 Å². The molecule has 2 aliphatic rings. The number of thiocarbonyl (C=S) groups is 1. The van der Waals surface area contributed by atoms with E-state index >= 15 is 0 Å². The van der Waals surface area contributed by atoms with E-state index in [1.807, 2.05) is 0 Å². The Morgan fingerprint density at radius 3 is 2.50 bits per heavy atom. The first kappa shape index (κ1) is 8.30. The van der Waals surface area contributed by atoms with E-state index in [9.17, 15) is 0 Å². The van der Waals surface area contributed by atoms with E-state index in [1.165, 1.54) is 25.7 Å². The summed E-state index contributed by atoms with van der Waals surface area (Å²) in [5.41, 5.74) is 0. The van der Waals surface area contributed by atoms with E-state index in [4.69, 9.17) is 12.2 Å². The molecule has 0 aromatic rings. The van der Waals surface area contributed by atoms with Gasteiger partial charge in [-0.1, -0.05) is 0 Å². The van der Waals surface area contributed by atoms with Crippen LogP contribution in [0, 0.1) is 0 Å². The van der Waals surface area contributed by atoms with E-state index in [0.29, 0.717) is 6.04 Å². The predicted molar refractivity (Wildman–Crippen MR) is 54.2 cm³/mol. The molecule has 0 aromatic heterocycles. The van der Waals surface area contributed by atoms with Gasteiger partial charge in [-0.05, 0) is 44.8 Å². The van der Waals surface area contributed by atoms with Crippen LogP contribution in [0.3, 0.4) is 0 Å². The fourth-order valence-electron chi connectivity index (χ4n) is 1.44. The molecule has 0 amide bonds. The monoisotopic (exact) mass is 184 g/mol. The first-order chi connectivity index (χ1) is 5.81. The van der Waals surface area contributed by atoms with Crippen LogP contribution in [0.15, 0.2) is 0 Å². The van der Waals surface area contributed by atoms with Crippen LogP contribution in [0.5, 0.6) is 0 Å². The van der Waals surface area contributed by atoms with Gasteiger partial charge in [0.2, 0.25) is 0 Å². The zero-order valence-electron chi connectivity index (χ0n) is 7.55. The lowest BCUT2D eigenvalue weighted by atomic mass is 10.5. The molecule has 0 bridgehead atoms. The number of rotatable bonds is 3. The van der Waals surface area contributed by atoms with Crippen molar-refractivity contribution < 1.29 is 0 Å². The second-order valence-corrected chi connectivity index (χ2v) is 4.13. The number of nitrogens with one attached hydrogen (secondary N) is 1. The Morgan fingerprint density at radius 2 is 2.08 bits per heavy atom. The molecule has 0 radical (unpaired) electrons. The van der Waals surface area contributed by atoms with Crippen LogP contribution >= 0.6 is 12.2 Å². The molecular weight excluding hydrogens is 168 g/mol. The molecule has 12 heavy (non-hydrogen) atoms. The predicted octanol–water partition coefficient (Wildman–Crippen LogP) is 1.51. The van der Waals surface area contributed by atoms with Crippen LogP contribution < -0.4 is 5.32 Å².